The molecule has 0 unspecified atom stereocenters. The lowest BCUT2D eigenvalue weighted by Gasteiger charge is -2.34. The predicted octanol–water partition coefficient (Wildman–Crippen LogP) is 1.24. The van der Waals surface area contributed by atoms with E-state index < -0.39 is 0 Å². The Morgan fingerprint density at radius 3 is 2.55 bits per heavy atom. The fourth-order valence-electron chi connectivity index (χ4n) is 2.41. The summed E-state index contributed by atoms with van der Waals surface area (Å²) in [4.78, 5) is 8.67. The van der Waals surface area contributed by atoms with Gasteiger partial charge in [0.15, 0.2) is 0 Å². The zero-order valence-corrected chi connectivity index (χ0v) is 13.0. The summed E-state index contributed by atoms with van der Waals surface area (Å²) in [5.74, 6) is 1.88. The quantitative estimate of drug-likeness (QED) is 0.862. The van der Waals surface area contributed by atoms with Crippen molar-refractivity contribution in [2.24, 2.45) is 0 Å². The number of nitrogen functional groups attached to an aromatic ring is 1. The minimum Gasteiger partial charge on any atom is -0.492 e. The Morgan fingerprint density at radius 2 is 1.91 bits per heavy atom. The molecule has 1 saturated heterocycles. The van der Waals surface area contributed by atoms with Crippen LogP contribution in [0.3, 0.4) is 0 Å². The highest BCUT2D eigenvalue weighted by Gasteiger charge is 2.19. The number of nitrogens with one attached hydrogen (secondary N) is 1. The second kappa shape index (κ2) is 6.85. The van der Waals surface area contributed by atoms with Crippen LogP contribution >= 0.6 is 11.6 Å². The number of aromatic amines is 1. The standard InChI is InChI=1S/C14H19ClN6O/c15-11-1-3-12(4-2-11)22-10-9-20-5-7-21(8-6-20)14-17-13(16)18-19-14/h1-4H,5-10H2,(H3,16,17,18,19). The molecule has 1 aromatic carbocycles. The third kappa shape index (κ3) is 3.80. The number of nitrogens with zero attached hydrogens (tertiary/aromatic N) is 4. The minimum absolute atomic E-state index is 0.286. The highest BCUT2D eigenvalue weighted by atomic mass is 35.5. The molecule has 0 atom stereocenters. The van der Waals surface area contributed by atoms with E-state index in [0.29, 0.717) is 6.61 Å². The number of anilines is 2. The number of ether oxygens (including phenoxy) is 1. The molecule has 7 nitrogen and oxygen atoms in total. The Labute approximate surface area is 134 Å². The topological polar surface area (TPSA) is 83.3 Å². The fraction of sp³-hybridized carbons (Fsp3) is 0.429. The molecule has 3 N–H and O–H groups in total. The molecule has 0 bridgehead atoms. The molecule has 2 heterocycles. The lowest BCUT2D eigenvalue weighted by molar-refractivity contribution is 0.200. The van der Waals surface area contributed by atoms with Crippen LogP contribution in [0.25, 0.3) is 0 Å². The highest BCUT2D eigenvalue weighted by molar-refractivity contribution is 6.30. The predicted molar refractivity (Wildman–Crippen MR) is 86.4 cm³/mol. The first-order valence-corrected chi connectivity index (χ1v) is 7.62. The van der Waals surface area contributed by atoms with Crippen LogP contribution in [0.1, 0.15) is 0 Å². The first-order chi connectivity index (χ1) is 10.7. The Balaban J connectivity index is 1.39. The number of halogens is 1. The Hall–Kier alpha value is -1.99. The molecule has 0 amide bonds. The molecular weight excluding hydrogens is 304 g/mol. The monoisotopic (exact) mass is 322 g/mol. The normalized spacial score (nSPS) is 16.0. The van der Waals surface area contributed by atoms with Crippen LogP contribution < -0.4 is 15.4 Å². The van der Waals surface area contributed by atoms with Crippen molar-refractivity contribution >= 4 is 23.5 Å². The van der Waals surface area contributed by atoms with Gasteiger partial charge in [-0.05, 0) is 24.3 Å². The van der Waals surface area contributed by atoms with Crippen molar-refractivity contribution in [2.75, 3.05) is 50.0 Å². The van der Waals surface area contributed by atoms with Crippen LogP contribution in [-0.2, 0) is 0 Å². The molecular formula is C14H19ClN6O. The van der Waals surface area contributed by atoms with Crippen LogP contribution in [0.5, 0.6) is 5.75 Å². The zero-order valence-electron chi connectivity index (χ0n) is 12.2. The maximum atomic E-state index is 5.84. The van der Waals surface area contributed by atoms with Gasteiger partial charge >= 0.3 is 0 Å². The molecule has 3 rings (SSSR count). The molecule has 1 aliphatic rings. The van der Waals surface area contributed by atoms with E-state index in [4.69, 9.17) is 22.1 Å². The van der Waals surface area contributed by atoms with Gasteiger partial charge in [0, 0.05) is 37.7 Å². The van der Waals surface area contributed by atoms with Gasteiger partial charge in [-0.3, -0.25) is 4.90 Å². The maximum absolute atomic E-state index is 5.84. The molecule has 0 aliphatic carbocycles. The number of hydrogen-bond acceptors (Lipinski definition) is 6. The maximum Gasteiger partial charge on any atom is 0.241 e. The summed E-state index contributed by atoms with van der Waals surface area (Å²) in [6, 6.07) is 7.43. The molecule has 0 radical (unpaired) electrons. The first kappa shape index (κ1) is 14.9. The summed E-state index contributed by atoms with van der Waals surface area (Å²) in [7, 11) is 0. The second-order valence-electron chi connectivity index (χ2n) is 5.15. The van der Waals surface area contributed by atoms with Crippen molar-refractivity contribution in [1.82, 2.24) is 20.1 Å². The minimum atomic E-state index is 0.286. The van der Waals surface area contributed by atoms with E-state index in [2.05, 4.69) is 25.0 Å². The lowest BCUT2D eigenvalue weighted by atomic mass is 10.3. The number of piperazine rings is 1. The molecule has 118 valence electrons. The zero-order chi connectivity index (χ0) is 15.4. The van der Waals surface area contributed by atoms with Crippen LogP contribution in [0, 0.1) is 0 Å². The Bertz CT molecular complexity index is 594. The number of rotatable bonds is 5. The molecule has 0 spiro atoms. The van der Waals surface area contributed by atoms with E-state index in [-0.39, 0.29) is 5.95 Å². The van der Waals surface area contributed by atoms with Crippen molar-refractivity contribution in [3.05, 3.63) is 29.3 Å². The first-order valence-electron chi connectivity index (χ1n) is 7.24. The van der Waals surface area contributed by atoms with E-state index in [0.717, 1.165) is 49.4 Å². The highest BCUT2D eigenvalue weighted by Crippen LogP contribution is 2.16. The second-order valence-corrected chi connectivity index (χ2v) is 5.58. The average molecular weight is 323 g/mol. The largest absolute Gasteiger partial charge is 0.492 e. The molecule has 1 aromatic heterocycles. The summed E-state index contributed by atoms with van der Waals surface area (Å²) >= 11 is 5.84. The van der Waals surface area contributed by atoms with Crippen molar-refractivity contribution in [2.45, 2.75) is 0 Å². The third-order valence-electron chi connectivity index (χ3n) is 3.65. The van der Waals surface area contributed by atoms with E-state index in [1.54, 1.807) is 0 Å². The number of benzene rings is 1. The van der Waals surface area contributed by atoms with Crippen molar-refractivity contribution in [1.29, 1.82) is 0 Å². The fourth-order valence-corrected chi connectivity index (χ4v) is 2.54. The van der Waals surface area contributed by atoms with E-state index in [1.165, 1.54) is 0 Å². The molecule has 8 heteroatoms. The summed E-state index contributed by atoms with van der Waals surface area (Å²) in [5, 5.41) is 7.42. The summed E-state index contributed by atoms with van der Waals surface area (Å²) < 4.78 is 5.72. The Morgan fingerprint density at radius 1 is 1.18 bits per heavy atom. The van der Waals surface area contributed by atoms with Gasteiger partial charge in [-0.2, -0.15) is 4.98 Å². The van der Waals surface area contributed by atoms with E-state index in [1.807, 2.05) is 24.3 Å². The molecule has 2 aromatic rings. The number of H-pyrrole nitrogens is 1. The van der Waals surface area contributed by atoms with Crippen molar-refractivity contribution in [3.8, 4) is 5.75 Å². The van der Waals surface area contributed by atoms with Gasteiger partial charge in [0.2, 0.25) is 11.9 Å². The van der Waals surface area contributed by atoms with E-state index in [9.17, 15) is 0 Å². The smallest absolute Gasteiger partial charge is 0.241 e. The molecule has 1 fully saturated rings. The van der Waals surface area contributed by atoms with Gasteiger partial charge in [0.25, 0.3) is 0 Å². The SMILES string of the molecule is Nc1n[nH]c(N2CCN(CCOc3ccc(Cl)cc3)CC2)n1. The van der Waals surface area contributed by atoms with Crippen LogP contribution in [-0.4, -0.2) is 59.4 Å². The molecule has 0 saturated carbocycles. The number of nitrogens with two attached hydrogens (primary N) is 1. The van der Waals surface area contributed by atoms with E-state index >= 15 is 0 Å². The third-order valence-corrected chi connectivity index (χ3v) is 3.90. The van der Waals surface area contributed by atoms with Gasteiger partial charge in [0.05, 0.1) is 0 Å². The average Bonchev–Trinajstić information content (AvgIpc) is 2.97. The van der Waals surface area contributed by atoms with Gasteiger partial charge < -0.3 is 15.4 Å². The number of aromatic nitrogens is 3. The van der Waals surface area contributed by atoms with Gasteiger partial charge in [-0.15, -0.1) is 5.10 Å². The van der Waals surface area contributed by atoms with Crippen molar-refractivity contribution in [3.63, 3.8) is 0 Å². The van der Waals surface area contributed by atoms with Gasteiger partial charge in [-0.25, -0.2) is 5.10 Å². The van der Waals surface area contributed by atoms with Crippen LogP contribution in [0.15, 0.2) is 24.3 Å². The van der Waals surface area contributed by atoms with Crippen LogP contribution in [0.4, 0.5) is 11.9 Å². The van der Waals surface area contributed by atoms with Gasteiger partial charge in [0.1, 0.15) is 12.4 Å². The van der Waals surface area contributed by atoms with Crippen molar-refractivity contribution < 1.29 is 4.74 Å². The summed E-state index contributed by atoms with van der Waals surface area (Å²) in [5.41, 5.74) is 5.53. The lowest BCUT2D eigenvalue weighted by Crippen LogP contribution is -2.47. The summed E-state index contributed by atoms with van der Waals surface area (Å²) in [6.07, 6.45) is 0. The number of hydrogen-bond donors (Lipinski definition) is 2. The van der Waals surface area contributed by atoms with Crippen LogP contribution in [0.2, 0.25) is 5.02 Å². The summed E-state index contributed by atoms with van der Waals surface area (Å²) in [6.45, 7) is 5.28. The van der Waals surface area contributed by atoms with Gasteiger partial charge in [-0.1, -0.05) is 11.6 Å². The molecule has 22 heavy (non-hydrogen) atoms. The molecule has 1 aliphatic heterocycles. The Kier molecular flexibility index (Phi) is 4.65.